The van der Waals surface area contributed by atoms with Crippen molar-refractivity contribution >= 4 is 11.9 Å². The maximum absolute atomic E-state index is 13.2. The van der Waals surface area contributed by atoms with Gasteiger partial charge in [-0.25, -0.2) is 0 Å². The van der Waals surface area contributed by atoms with Crippen LogP contribution in [0.4, 0.5) is 0 Å². The first-order chi connectivity index (χ1) is 11.1. The van der Waals surface area contributed by atoms with Gasteiger partial charge in [0.2, 0.25) is 0 Å². The second-order valence-electron chi connectivity index (χ2n) is 6.84. The topological polar surface area (TPSA) is 37.3 Å². The van der Waals surface area contributed by atoms with Crippen LogP contribution in [0.3, 0.4) is 0 Å². The van der Waals surface area contributed by atoms with Gasteiger partial charge in [0, 0.05) is 5.56 Å². The van der Waals surface area contributed by atoms with Crippen LogP contribution in [-0.2, 0) is 12.8 Å². The fourth-order valence-corrected chi connectivity index (χ4v) is 4.21. The standard InChI is InChI=1S/C21H20O2/c1-14(22)12-21(13-17-8-4-5-9-19(17)20(21)23)18-10-15-6-2-3-7-16(15)11-18/h2-10,14,22H,11-13H2,1H3. The number of rotatable bonds is 3. The van der Waals surface area contributed by atoms with Crippen LogP contribution in [0, 0.1) is 5.41 Å². The lowest BCUT2D eigenvalue weighted by Crippen LogP contribution is -2.34. The number of carbonyl (C=O) groups is 1. The Labute approximate surface area is 136 Å². The normalized spacial score (nSPS) is 23.4. The molecule has 2 aliphatic carbocycles. The highest BCUT2D eigenvalue weighted by Crippen LogP contribution is 2.49. The number of Topliss-reactive ketones (excluding diaryl/α,β-unsaturated/α-hetero) is 1. The molecular weight excluding hydrogens is 284 g/mol. The number of allylic oxidation sites excluding steroid dienone is 1. The number of ketones is 1. The molecular formula is C21H20O2. The van der Waals surface area contributed by atoms with Crippen molar-refractivity contribution in [1.82, 2.24) is 0 Å². The summed E-state index contributed by atoms with van der Waals surface area (Å²) in [5, 5.41) is 10.1. The molecule has 0 aromatic heterocycles. The summed E-state index contributed by atoms with van der Waals surface area (Å²) in [5.41, 5.74) is 4.98. The van der Waals surface area contributed by atoms with Crippen molar-refractivity contribution in [2.75, 3.05) is 0 Å². The van der Waals surface area contributed by atoms with E-state index in [1.165, 1.54) is 11.1 Å². The Hall–Kier alpha value is -2.19. The summed E-state index contributed by atoms with van der Waals surface area (Å²) in [7, 11) is 0. The predicted molar refractivity (Wildman–Crippen MR) is 91.3 cm³/mol. The number of carbonyl (C=O) groups excluding carboxylic acids is 1. The molecule has 2 nitrogen and oxygen atoms in total. The van der Waals surface area contributed by atoms with Gasteiger partial charge in [-0.15, -0.1) is 0 Å². The van der Waals surface area contributed by atoms with Crippen molar-refractivity contribution in [2.45, 2.75) is 32.3 Å². The lowest BCUT2D eigenvalue weighted by molar-refractivity contribution is 0.0748. The lowest BCUT2D eigenvalue weighted by Gasteiger charge is -2.30. The Bertz CT molecular complexity index is 816. The number of hydrogen-bond acceptors (Lipinski definition) is 2. The first-order valence-electron chi connectivity index (χ1n) is 8.20. The minimum Gasteiger partial charge on any atom is -0.393 e. The maximum atomic E-state index is 13.2. The van der Waals surface area contributed by atoms with Crippen molar-refractivity contribution in [3.8, 4) is 0 Å². The van der Waals surface area contributed by atoms with E-state index >= 15 is 0 Å². The highest BCUT2D eigenvalue weighted by molar-refractivity contribution is 6.07. The van der Waals surface area contributed by atoms with Crippen LogP contribution < -0.4 is 0 Å². The summed E-state index contributed by atoms with van der Waals surface area (Å²) in [6, 6.07) is 16.2. The van der Waals surface area contributed by atoms with Gasteiger partial charge < -0.3 is 5.11 Å². The largest absolute Gasteiger partial charge is 0.393 e. The van der Waals surface area contributed by atoms with E-state index in [1.54, 1.807) is 6.92 Å². The number of aliphatic hydroxyl groups is 1. The highest BCUT2D eigenvalue weighted by Gasteiger charge is 2.49. The fraction of sp³-hybridized carbons (Fsp3) is 0.286. The molecule has 0 bridgehead atoms. The number of hydrogen-bond donors (Lipinski definition) is 1. The molecule has 0 heterocycles. The quantitative estimate of drug-likeness (QED) is 0.936. The van der Waals surface area contributed by atoms with E-state index in [0.29, 0.717) is 12.8 Å². The molecule has 2 aromatic carbocycles. The maximum Gasteiger partial charge on any atom is 0.173 e. The summed E-state index contributed by atoms with van der Waals surface area (Å²) < 4.78 is 0. The molecule has 2 unspecified atom stereocenters. The second-order valence-corrected chi connectivity index (χ2v) is 6.84. The van der Waals surface area contributed by atoms with Gasteiger partial charge in [-0.05, 0) is 42.9 Å². The molecule has 2 aromatic rings. The SMILES string of the molecule is CC(O)CC1(C2=Cc3ccccc3C2)Cc2ccccc2C1=O. The Balaban J connectivity index is 1.81. The smallest absolute Gasteiger partial charge is 0.173 e. The summed E-state index contributed by atoms with van der Waals surface area (Å²) in [5.74, 6) is 0.174. The molecule has 0 saturated carbocycles. The Kier molecular flexibility index (Phi) is 3.24. The van der Waals surface area contributed by atoms with Crippen molar-refractivity contribution < 1.29 is 9.90 Å². The Morgan fingerprint density at radius 2 is 1.78 bits per heavy atom. The zero-order chi connectivity index (χ0) is 16.0. The molecule has 2 atom stereocenters. The highest BCUT2D eigenvalue weighted by atomic mass is 16.3. The molecule has 23 heavy (non-hydrogen) atoms. The first-order valence-corrected chi connectivity index (χ1v) is 8.20. The third-order valence-corrected chi connectivity index (χ3v) is 5.21. The van der Waals surface area contributed by atoms with Gasteiger partial charge in [0.05, 0.1) is 11.5 Å². The molecule has 0 aliphatic heterocycles. The third kappa shape index (κ3) is 2.17. The van der Waals surface area contributed by atoms with Crippen LogP contribution in [0.5, 0.6) is 0 Å². The summed E-state index contributed by atoms with van der Waals surface area (Å²) in [6.45, 7) is 1.78. The summed E-state index contributed by atoms with van der Waals surface area (Å²) in [4.78, 5) is 13.2. The molecule has 0 spiro atoms. The van der Waals surface area contributed by atoms with Gasteiger partial charge >= 0.3 is 0 Å². The molecule has 4 rings (SSSR count). The monoisotopic (exact) mass is 304 g/mol. The third-order valence-electron chi connectivity index (χ3n) is 5.21. The predicted octanol–water partition coefficient (Wildman–Crippen LogP) is 3.82. The minimum atomic E-state index is -0.586. The molecule has 0 fully saturated rings. The Morgan fingerprint density at radius 1 is 1.09 bits per heavy atom. The first kappa shape index (κ1) is 14.4. The van der Waals surface area contributed by atoms with Gasteiger partial charge in [-0.1, -0.05) is 60.2 Å². The van der Waals surface area contributed by atoms with E-state index < -0.39 is 11.5 Å². The van der Waals surface area contributed by atoms with Crippen molar-refractivity contribution in [1.29, 1.82) is 0 Å². The van der Waals surface area contributed by atoms with Crippen molar-refractivity contribution in [3.05, 3.63) is 76.4 Å². The van der Waals surface area contributed by atoms with Crippen LogP contribution in [0.1, 0.15) is 40.4 Å². The number of benzene rings is 2. The second kappa shape index (κ2) is 5.17. The van der Waals surface area contributed by atoms with E-state index in [-0.39, 0.29) is 5.78 Å². The van der Waals surface area contributed by atoms with Crippen molar-refractivity contribution in [3.63, 3.8) is 0 Å². The molecule has 0 amide bonds. The van der Waals surface area contributed by atoms with Crippen molar-refractivity contribution in [2.24, 2.45) is 5.41 Å². The lowest BCUT2D eigenvalue weighted by atomic mass is 9.71. The van der Waals surface area contributed by atoms with Gasteiger partial charge in [0.1, 0.15) is 0 Å². The molecule has 2 aliphatic rings. The van der Waals surface area contributed by atoms with E-state index in [4.69, 9.17) is 0 Å². The minimum absolute atomic E-state index is 0.174. The average Bonchev–Trinajstić information content (AvgIpc) is 3.08. The Morgan fingerprint density at radius 3 is 2.48 bits per heavy atom. The van der Waals surface area contributed by atoms with Gasteiger partial charge in [-0.2, -0.15) is 0 Å². The van der Waals surface area contributed by atoms with E-state index in [0.717, 1.165) is 23.1 Å². The number of aliphatic hydroxyl groups excluding tert-OH is 1. The molecule has 1 N–H and O–H groups in total. The van der Waals surface area contributed by atoms with Crippen LogP contribution >= 0.6 is 0 Å². The van der Waals surface area contributed by atoms with Crippen LogP contribution in [0.2, 0.25) is 0 Å². The van der Waals surface area contributed by atoms with Gasteiger partial charge in [-0.3, -0.25) is 4.79 Å². The number of fused-ring (bicyclic) bond motifs is 2. The van der Waals surface area contributed by atoms with E-state index in [9.17, 15) is 9.90 Å². The van der Waals surface area contributed by atoms with Crippen LogP contribution in [0.25, 0.3) is 6.08 Å². The molecule has 2 heteroatoms. The average molecular weight is 304 g/mol. The molecule has 0 saturated heterocycles. The zero-order valence-electron chi connectivity index (χ0n) is 13.3. The summed E-state index contributed by atoms with van der Waals surface area (Å²) in [6.07, 6.45) is 3.66. The molecule has 116 valence electrons. The van der Waals surface area contributed by atoms with Gasteiger partial charge in [0.25, 0.3) is 0 Å². The fourth-order valence-electron chi connectivity index (χ4n) is 4.21. The van der Waals surface area contributed by atoms with Crippen LogP contribution in [-0.4, -0.2) is 17.0 Å². The zero-order valence-corrected chi connectivity index (χ0v) is 13.3. The van der Waals surface area contributed by atoms with Crippen LogP contribution in [0.15, 0.2) is 54.1 Å². The van der Waals surface area contributed by atoms with Gasteiger partial charge in [0.15, 0.2) is 5.78 Å². The summed E-state index contributed by atoms with van der Waals surface area (Å²) >= 11 is 0. The van der Waals surface area contributed by atoms with E-state index in [1.807, 2.05) is 36.4 Å². The molecule has 0 radical (unpaired) electrons. The van der Waals surface area contributed by atoms with E-state index in [2.05, 4.69) is 18.2 Å².